The number of nitro groups is 1. The fourth-order valence-corrected chi connectivity index (χ4v) is 1.85. The second-order valence-corrected chi connectivity index (χ2v) is 4.77. The number of aromatic nitrogens is 2. The molecule has 21 heavy (non-hydrogen) atoms. The molecule has 0 aromatic carbocycles. The van der Waals surface area contributed by atoms with E-state index >= 15 is 0 Å². The summed E-state index contributed by atoms with van der Waals surface area (Å²) in [6.07, 6.45) is 2.77. The lowest BCUT2D eigenvalue weighted by molar-refractivity contribution is -0.384. The van der Waals surface area contributed by atoms with E-state index in [1.165, 1.54) is 18.5 Å². The number of amides is 1. The van der Waals surface area contributed by atoms with Gasteiger partial charge in [0.2, 0.25) is 0 Å². The van der Waals surface area contributed by atoms with Crippen LogP contribution in [0.2, 0.25) is 0 Å². The van der Waals surface area contributed by atoms with E-state index in [-0.39, 0.29) is 17.4 Å². The van der Waals surface area contributed by atoms with Gasteiger partial charge in [0.05, 0.1) is 23.0 Å². The van der Waals surface area contributed by atoms with Gasteiger partial charge in [-0.05, 0) is 26.0 Å². The first kappa shape index (κ1) is 14.5. The van der Waals surface area contributed by atoms with Crippen LogP contribution in [-0.2, 0) is 0 Å². The Balaban J connectivity index is 2.29. The van der Waals surface area contributed by atoms with Crippen molar-refractivity contribution in [2.75, 3.05) is 11.1 Å². The Labute approximate surface area is 120 Å². The molecule has 0 aliphatic carbocycles. The van der Waals surface area contributed by atoms with Crippen molar-refractivity contribution >= 4 is 23.1 Å². The van der Waals surface area contributed by atoms with E-state index in [9.17, 15) is 14.9 Å². The Morgan fingerprint density at radius 3 is 2.71 bits per heavy atom. The van der Waals surface area contributed by atoms with Crippen LogP contribution < -0.4 is 11.1 Å². The number of carbonyl (C=O) groups excluding carboxylic acids is 1. The Kier molecular flexibility index (Phi) is 3.88. The maximum atomic E-state index is 12.2. The fraction of sp³-hybridized carbons (Fsp3) is 0.231. The molecular formula is C13H15N5O3. The van der Waals surface area contributed by atoms with Crippen molar-refractivity contribution in [2.24, 2.45) is 0 Å². The number of hydrogen-bond acceptors (Lipinski definition) is 5. The van der Waals surface area contributed by atoms with E-state index in [0.29, 0.717) is 11.5 Å². The average Bonchev–Trinajstić information content (AvgIpc) is 2.87. The summed E-state index contributed by atoms with van der Waals surface area (Å²) < 4.78 is 1.55. The van der Waals surface area contributed by atoms with Crippen LogP contribution in [0.5, 0.6) is 0 Å². The van der Waals surface area contributed by atoms with Crippen molar-refractivity contribution in [3.8, 4) is 0 Å². The normalized spacial score (nSPS) is 10.6. The summed E-state index contributed by atoms with van der Waals surface area (Å²) in [5.74, 6) is -0.0995. The minimum absolute atomic E-state index is 0.0796. The van der Waals surface area contributed by atoms with Gasteiger partial charge in [0.15, 0.2) is 0 Å². The third-order valence-corrected chi connectivity index (χ3v) is 2.88. The molecule has 0 spiro atoms. The van der Waals surface area contributed by atoms with Crippen molar-refractivity contribution < 1.29 is 9.72 Å². The lowest BCUT2D eigenvalue weighted by Gasteiger charge is -2.12. The molecule has 2 aromatic heterocycles. The van der Waals surface area contributed by atoms with Crippen LogP contribution in [0.4, 0.5) is 17.2 Å². The van der Waals surface area contributed by atoms with Crippen LogP contribution in [0.3, 0.4) is 0 Å². The topological polar surface area (TPSA) is 116 Å². The number of hydrogen-bond donors (Lipinski definition) is 2. The number of nitrogen functional groups attached to an aromatic ring is 1. The molecule has 110 valence electrons. The molecule has 8 nitrogen and oxygen atoms in total. The van der Waals surface area contributed by atoms with Crippen LogP contribution >= 0.6 is 0 Å². The molecule has 0 radical (unpaired) electrons. The van der Waals surface area contributed by atoms with Gasteiger partial charge in [0.25, 0.3) is 11.6 Å². The lowest BCUT2D eigenvalue weighted by atomic mass is 10.3. The second-order valence-electron chi connectivity index (χ2n) is 4.77. The quantitative estimate of drug-likeness (QED) is 0.661. The van der Waals surface area contributed by atoms with E-state index < -0.39 is 10.8 Å². The molecule has 0 saturated carbocycles. The molecule has 0 atom stereocenters. The van der Waals surface area contributed by atoms with Crippen LogP contribution in [-0.4, -0.2) is 20.4 Å². The summed E-state index contributed by atoms with van der Waals surface area (Å²) >= 11 is 0. The van der Waals surface area contributed by atoms with Gasteiger partial charge in [-0.25, -0.2) is 4.98 Å². The van der Waals surface area contributed by atoms with Gasteiger partial charge in [-0.2, -0.15) is 0 Å². The summed E-state index contributed by atoms with van der Waals surface area (Å²) in [4.78, 5) is 26.4. The van der Waals surface area contributed by atoms with Crippen molar-refractivity contribution in [2.45, 2.75) is 19.9 Å². The summed E-state index contributed by atoms with van der Waals surface area (Å²) in [7, 11) is 0. The van der Waals surface area contributed by atoms with E-state index in [1.54, 1.807) is 16.7 Å². The fourth-order valence-electron chi connectivity index (χ4n) is 1.85. The molecule has 2 aromatic rings. The largest absolute Gasteiger partial charge is 0.384 e. The Hall–Kier alpha value is -2.90. The molecule has 0 fully saturated rings. The minimum Gasteiger partial charge on any atom is -0.384 e. The van der Waals surface area contributed by atoms with E-state index in [2.05, 4.69) is 10.3 Å². The highest BCUT2D eigenvalue weighted by Gasteiger charge is 2.20. The molecular weight excluding hydrogens is 274 g/mol. The van der Waals surface area contributed by atoms with Crippen LogP contribution in [0.15, 0.2) is 30.6 Å². The van der Waals surface area contributed by atoms with Crippen molar-refractivity contribution in [1.29, 1.82) is 0 Å². The predicted molar refractivity (Wildman–Crippen MR) is 78.1 cm³/mol. The number of nitrogens with two attached hydrogens (primary N) is 1. The smallest absolute Gasteiger partial charge is 0.287 e. The van der Waals surface area contributed by atoms with Gasteiger partial charge in [-0.15, -0.1) is 0 Å². The SMILES string of the molecule is CC(C)n1cc([N+](=O)[O-])cc1C(=O)Nc1ccc(N)nc1. The van der Waals surface area contributed by atoms with Gasteiger partial charge in [0.1, 0.15) is 11.5 Å². The van der Waals surface area contributed by atoms with Crippen molar-refractivity contribution in [3.05, 3.63) is 46.4 Å². The van der Waals surface area contributed by atoms with E-state index in [4.69, 9.17) is 5.73 Å². The molecule has 0 bridgehead atoms. The highest BCUT2D eigenvalue weighted by atomic mass is 16.6. The molecule has 8 heteroatoms. The first-order valence-corrected chi connectivity index (χ1v) is 6.27. The number of anilines is 2. The highest BCUT2D eigenvalue weighted by Crippen LogP contribution is 2.21. The zero-order chi connectivity index (χ0) is 15.6. The van der Waals surface area contributed by atoms with Gasteiger partial charge >= 0.3 is 0 Å². The monoisotopic (exact) mass is 289 g/mol. The summed E-state index contributed by atoms with van der Waals surface area (Å²) in [6.45, 7) is 3.68. The van der Waals surface area contributed by atoms with Gasteiger partial charge in [-0.1, -0.05) is 0 Å². The van der Waals surface area contributed by atoms with Crippen LogP contribution in [0.1, 0.15) is 30.4 Å². The van der Waals surface area contributed by atoms with Gasteiger partial charge in [-0.3, -0.25) is 14.9 Å². The molecule has 2 heterocycles. The molecule has 2 rings (SSSR count). The average molecular weight is 289 g/mol. The van der Waals surface area contributed by atoms with E-state index in [0.717, 1.165) is 0 Å². The molecule has 0 unspecified atom stereocenters. The predicted octanol–water partition coefficient (Wildman–Crippen LogP) is 2.21. The number of carbonyl (C=O) groups is 1. The third kappa shape index (κ3) is 3.16. The Morgan fingerprint density at radius 2 is 2.19 bits per heavy atom. The standard InChI is InChI=1S/C13H15N5O3/c1-8(2)17-7-10(18(20)21)5-11(17)13(19)16-9-3-4-12(14)15-6-9/h3-8H,1-2H3,(H2,14,15)(H,16,19). The van der Waals surface area contributed by atoms with Crippen molar-refractivity contribution in [3.63, 3.8) is 0 Å². The molecule has 0 aliphatic rings. The van der Waals surface area contributed by atoms with E-state index in [1.807, 2.05) is 13.8 Å². The summed E-state index contributed by atoms with van der Waals surface area (Å²) in [5.41, 5.74) is 6.03. The molecule has 3 N–H and O–H groups in total. The van der Waals surface area contributed by atoms with Crippen molar-refractivity contribution in [1.82, 2.24) is 9.55 Å². The number of nitrogens with zero attached hydrogens (tertiary/aromatic N) is 3. The summed E-state index contributed by atoms with van der Waals surface area (Å²) in [6, 6.07) is 4.33. The first-order chi connectivity index (χ1) is 9.88. The number of rotatable bonds is 4. The van der Waals surface area contributed by atoms with Gasteiger partial charge < -0.3 is 15.6 Å². The Morgan fingerprint density at radius 1 is 1.48 bits per heavy atom. The highest BCUT2D eigenvalue weighted by molar-refractivity contribution is 6.03. The van der Waals surface area contributed by atoms with Crippen LogP contribution in [0.25, 0.3) is 0 Å². The molecule has 1 amide bonds. The second kappa shape index (κ2) is 5.61. The van der Waals surface area contributed by atoms with Crippen LogP contribution in [0, 0.1) is 10.1 Å². The van der Waals surface area contributed by atoms with Gasteiger partial charge in [0, 0.05) is 12.1 Å². The third-order valence-electron chi connectivity index (χ3n) is 2.88. The zero-order valence-electron chi connectivity index (χ0n) is 11.6. The molecule has 0 aliphatic heterocycles. The zero-order valence-corrected chi connectivity index (χ0v) is 11.6. The lowest BCUT2D eigenvalue weighted by Crippen LogP contribution is -2.17. The summed E-state index contributed by atoms with van der Waals surface area (Å²) in [5, 5.41) is 13.5. The maximum Gasteiger partial charge on any atom is 0.287 e. The first-order valence-electron chi connectivity index (χ1n) is 6.27. The number of pyridine rings is 1. The minimum atomic E-state index is -0.527. The molecule has 0 saturated heterocycles. The number of nitrogens with one attached hydrogen (secondary N) is 1. The Bertz CT molecular complexity index is 676. The maximum absolute atomic E-state index is 12.2.